The van der Waals surface area contributed by atoms with E-state index in [0.29, 0.717) is 26.6 Å². The average molecular weight is 406 g/mol. The second-order valence-electron chi connectivity index (χ2n) is 5.05. The molecule has 5 nitrogen and oxygen atoms in total. The monoisotopic (exact) mass is 405 g/mol. The molecule has 0 saturated heterocycles. The van der Waals surface area contributed by atoms with Crippen LogP contribution in [0.4, 0.5) is 10.5 Å². The Morgan fingerprint density at radius 2 is 1.85 bits per heavy atom. The van der Waals surface area contributed by atoms with Crippen molar-refractivity contribution in [1.29, 1.82) is 0 Å². The van der Waals surface area contributed by atoms with Crippen molar-refractivity contribution in [2.45, 2.75) is 9.99 Å². The molecule has 26 heavy (non-hydrogen) atoms. The molecule has 0 saturated carbocycles. The van der Waals surface area contributed by atoms with E-state index < -0.39 is 6.03 Å². The van der Waals surface area contributed by atoms with E-state index in [1.165, 1.54) is 18.0 Å². The number of hydrogen-bond acceptors (Lipinski definition) is 4. The van der Waals surface area contributed by atoms with E-state index in [0.717, 1.165) is 4.90 Å². The van der Waals surface area contributed by atoms with Gasteiger partial charge in [0.2, 0.25) is 0 Å². The quantitative estimate of drug-likeness (QED) is 0.410. The van der Waals surface area contributed by atoms with Crippen LogP contribution in [0.15, 0.2) is 80.2 Å². The van der Waals surface area contributed by atoms with Crippen LogP contribution in [0, 0.1) is 0 Å². The maximum atomic E-state index is 11.8. The van der Waals surface area contributed by atoms with E-state index in [4.69, 9.17) is 27.6 Å². The number of amides is 2. The van der Waals surface area contributed by atoms with Crippen molar-refractivity contribution >= 4 is 52.9 Å². The molecule has 0 aliphatic carbocycles. The normalized spacial score (nSPS) is 10.8. The molecule has 3 aromatic rings. The number of rotatable bonds is 5. The van der Waals surface area contributed by atoms with Gasteiger partial charge in [0.05, 0.1) is 6.21 Å². The van der Waals surface area contributed by atoms with Gasteiger partial charge in [-0.2, -0.15) is 5.10 Å². The number of nitrogens with zero attached hydrogens (tertiary/aromatic N) is 1. The van der Waals surface area contributed by atoms with Crippen molar-refractivity contribution in [3.05, 3.63) is 76.5 Å². The number of carbonyl (C=O) groups excluding carboxylic acids is 1. The summed E-state index contributed by atoms with van der Waals surface area (Å²) >= 11 is 13.2. The highest BCUT2D eigenvalue weighted by atomic mass is 35.5. The van der Waals surface area contributed by atoms with Gasteiger partial charge >= 0.3 is 6.03 Å². The summed E-state index contributed by atoms with van der Waals surface area (Å²) < 4.78 is 5.63. The fourth-order valence-electron chi connectivity index (χ4n) is 1.96. The van der Waals surface area contributed by atoms with Crippen LogP contribution in [0.25, 0.3) is 0 Å². The van der Waals surface area contributed by atoms with Crippen LogP contribution in [0.1, 0.15) is 5.76 Å². The van der Waals surface area contributed by atoms with Gasteiger partial charge in [0.25, 0.3) is 0 Å². The molecule has 132 valence electrons. The van der Waals surface area contributed by atoms with Gasteiger partial charge in [-0.25, -0.2) is 10.2 Å². The molecule has 2 amide bonds. The molecule has 0 aliphatic heterocycles. The summed E-state index contributed by atoms with van der Waals surface area (Å²) in [7, 11) is 0. The zero-order valence-corrected chi connectivity index (χ0v) is 15.6. The first kappa shape index (κ1) is 18.4. The van der Waals surface area contributed by atoms with Crippen molar-refractivity contribution in [2.75, 3.05) is 5.32 Å². The Bertz CT molecular complexity index is 926. The van der Waals surface area contributed by atoms with Gasteiger partial charge < -0.3 is 9.73 Å². The van der Waals surface area contributed by atoms with Gasteiger partial charge in [0, 0.05) is 20.6 Å². The second-order valence-corrected chi connectivity index (χ2v) is 7.00. The molecule has 1 heterocycles. The molecule has 0 spiro atoms. The first-order valence-corrected chi connectivity index (χ1v) is 9.04. The largest absolute Gasteiger partial charge is 0.448 e. The summed E-state index contributed by atoms with van der Waals surface area (Å²) in [5.74, 6) is 0.518. The molecule has 0 fully saturated rings. The number of hydrazone groups is 1. The van der Waals surface area contributed by atoms with Crippen molar-refractivity contribution in [2.24, 2.45) is 5.10 Å². The van der Waals surface area contributed by atoms with Gasteiger partial charge in [0.15, 0.2) is 5.09 Å². The van der Waals surface area contributed by atoms with Crippen LogP contribution in [0.2, 0.25) is 10.0 Å². The highest BCUT2D eigenvalue weighted by Gasteiger charge is 2.04. The van der Waals surface area contributed by atoms with Crippen LogP contribution in [0.5, 0.6) is 0 Å². The van der Waals surface area contributed by atoms with Gasteiger partial charge in [0.1, 0.15) is 5.76 Å². The minimum Gasteiger partial charge on any atom is -0.448 e. The lowest BCUT2D eigenvalue weighted by molar-refractivity contribution is 0.252. The lowest BCUT2D eigenvalue weighted by Crippen LogP contribution is -2.24. The van der Waals surface area contributed by atoms with Gasteiger partial charge in [-0.15, -0.1) is 0 Å². The number of urea groups is 1. The fraction of sp³-hybridized carbons (Fsp3) is 0. The van der Waals surface area contributed by atoms with Gasteiger partial charge in [-0.1, -0.05) is 41.0 Å². The summed E-state index contributed by atoms with van der Waals surface area (Å²) in [6, 6.07) is 17.4. The summed E-state index contributed by atoms with van der Waals surface area (Å²) in [5, 5.41) is 8.39. The molecule has 0 bridgehead atoms. The Hall–Kier alpha value is -2.41. The zero-order valence-electron chi connectivity index (χ0n) is 13.3. The van der Waals surface area contributed by atoms with Crippen LogP contribution in [-0.4, -0.2) is 12.2 Å². The Labute approximate surface area is 164 Å². The first-order chi connectivity index (χ1) is 12.6. The molecular formula is C18H13Cl2N3O2S. The summed E-state index contributed by atoms with van der Waals surface area (Å²) in [5.41, 5.74) is 2.93. The fourth-order valence-corrected chi connectivity index (χ4v) is 3.05. The molecule has 0 unspecified atom stereocenters. The second kappa shape index (κ2) is 8.80. The molecule has 0 radical (unpaired) electrons. The van der Waals surface area contributed by atoms with Crippen molar-refractivity contribution in [1.82, 2.24) is 5.43 Å². The third-order valence-corrected chi connectivity index (χ3v) is 4.49. The van der Waals surface area contributed by atoms with Crippen LogP contribution >= 0.6 is 35.0 Å². The molecule has 2 aromatic carbocycles. The van der Waals surface area contributed by atoms with Crippen molar-refractivity contribution in [3.8, 4) is 0 Å². The van der Waals surface area contributed by atoms with Crippen LogP contribution < -0.4 is 10.7 Å². The smallest absolute Gasteiger partial charge is 0.339 e. The standard InChI is InChI=1S/C18H13Cl2N3O2S/c19-12-4-7-16(8-5-12)26-17-9-6-15(25-17)11-21-23-18(24)22-14-3-1-2-13(20)10-14/h1-11H,(H2,22,23,24)/b21-11+. The molecule has 0 aliphatic rings. The van der Waals surface area contributed by atoms with E-state index in [9.17, 15) is 4.79 Å². The molecular weight excluding hydrogens is 393 g/mol. The first-order valence-electron chi connectivity index (χ1n) is 7.47. The van der Waals surface area contributed by atoms with E-state index in [-0.39, 0.29) is 0 Å². The highest BCUT2D eigenvalue weighted by molar-refractivity contribution is 7.99. The minimum absolute atomic E-state index is 0.481. The molecule has 3 rings (SSSR count). The average Bonchev–Trinajstić information content (AvgIpc) is 3.04. The Kier molecular flexibility index (Phi) is 6.22. The van der Waals surface area contributed by atoms with Gasteiger partial charge in [-0.05, 0) is 54.6 Å². The molecule has 1 aromatic heterocycles. The third kappa shape index (κ3) is 5.56. The lowest BCUT2D eigenvalue weighted by atomic mass is 10.3. The van der Waals surface area contributed by atoms with Crippen molar-refractivity contribution < 1.29 is 9.21 Å². The Morgan fingerprint density at radius 1 is 1.04 bits per heavy atom. The Morgan fingerprint density at radius 3 is 2.62 bits per heavy atom. The maximum Gasteiger partial charge on any atom is 0.339 e. The van der Waals surface area contributed by atoms with Crippen LogP contribution in [-0.2, 0) is 0 Å². The van der Waals surface area contributed by atoms with E-state index in [2.05, 4.69) is 15.8 Å². The Balaban J connectivity index is 1.51. The van der Waals surface area contributed by atoms with Gasteiger partial charge in [-0.3, -0.25) is 0 Å². The predicted molar refractivity (Wildman–Crippen MR) is 105 cm³/mol. The van der Waals surface area contributed by atoms with Crippen molar-refractivity contribution in [3.63, 3.8) is 0 Å². The highest BCUT2D eigenvalue weighted by Crippen LogP contribution is 2.29. The zero-order chi connectivity index (χ0) is 18.4. The predicted octanol–water partition coefficient (Wildman–Crippen LogP) is 5.89. The molecule has 8 heteroatoms. The number of furan rings is 1. The molecule has 2 N–H and O–H groups in total. The van der Waals surface area contributed by atoms with Crippen LogP contribution in [0.3, 0.4) is 0 Å². The number of anilines is 1. The number of hydrogen-bond donors (Lipinski definition) is 2. The topological polar surface area (TPSA) is 66.6 Å². The summed E-state index contributed by atoms with van der Waals surface area (Å²) in [4.78, 5) is 12.8. The van der Waals surface area contributed by atoms with E-state index in [1.54, 1.807) is 30.3 Å². The minimum atomic E-state index is -0.481. The summed E-state index contributed by atoms with van der Waals surface area (Å²) in [6.07, 6.45) is 1.42. The SMILES string of the molecule is O=C(N/N=C/c1ccc(Sc2ccc(Cl)cc2)o1)Nc1cccc(Cl)c1. The number of benzene rings is 2. The maximum absolute atomic E-state index is 11.8. The third-order valence-electron chi connectivity index (χ3n) is 3.07. The number of nitrogens with one attached hydrogen (secondary N) is 2. The van der Waals surface area contributed by atoms with E-state index >= 15 is 0 Å². The lowest BCUT2D eigenvalue weighted by Gasteiger charge is -2.03. The molecule has 0 atom stereocenters. The summed E-state index contributed by atoms with van der Waals surface area (Å²) in [6.45, 7) is 0. The number of halogens is 2. The number of carbonyl (C=O) groups is 1. The van der Waals surface area contributed by atoms with E-state index in [1.807, 2.05) is 30.3 Å².